The monoisotopic (exact) mass is 283 g/mol. The molecule has 0 bridgehead atoms. The highest BCUT2D eigenvalue weighted by atomic mass is 19.1. The Bertz CT molecular complexity index is 739. The summed E-state index contributed by atoms with van der Waals surface area (Å²) in [5.41, 5.74) is 2.33. The van der Waals surface area contributed by atoms with E-state index in [1.54, 1.807) is 23.7 Å². The second kappa shape index (κ2) is 5.70. The molecule has 0 aliphatic carbocycles. The third kappa shape index (κ3) is 2.89. The summed E-state index contributed by atoms with van der Waals surface area (Å²) in [5, 5.41) is 14.9. The smallest absolute Gasteiger partial charge is 0.175 e. The summed E-state index contributed by atoms with van der Waals surface area (Å²) in [6.45, 7) is 2.18. The zero-order valence-electron chi connectivity index (χ0n) is 11.5. The zero-order chi connectivity index (χ0) is 14.7. The van der Waals surface area contributed by atoms with E-state index in [0.29, 0.717) is 17.9 Å². The van der Waals surface area contributed by atoms with Gasteiger partial charge in [-0.05, 0) is 53.2 Å². The quantitative estimate of drug-likeness (QED) is 0.800. The Labute approximate surface area is 121 Å². The molecular formula is C15H14FN5. The van der Waals surface area contributed by atoms with Crippen LogP contribution in [0.25, 0.3) is 5.69 Å². The molecule has 106 valence electrons. The molecule has 1 aromatic heterocycles. The van der Waals surface area contributed by atoms with E-state index >= 15 is 0 Å². The second-order valence-electron chi connectivity index (χ2n) is 4.66. The first-order chi connectivity index (χ1) is 10.2. The first-order valence-electron chi connectivity index (χ1n) is 6.57. The number of halogens is 1. The Balaban J connectivity index is 1.77. The lowest BCUT2D eigenvalue weighted by atomic mass is 10.2. The Hall–Kier alpha value is -2.76. The van der Waals surface area contributed by atoms with Crippen LogP contribution in [-0.2, 0) is 6.54 Å². The maximum atomic E-state index is 13.2. The van der Waals surface area contributed by atoms with Crippen molar-refractivity contribution in [1.29, 1.82) is 0 Å². The second-order valence-corrected chi connectivity index (χ2v) is 4.66. The van der Waals surface area contributed by atoms with Crippen molar-refractivity contribution < 1.29 is 4.39 Å². The number of nitrogens with zero attached hydrogens (tertiary/aromatic N) is 4. The van der Waals surface area contributed by atoms with Gasteiger partial charge in [-0.15, -0.1) is 5.10 Å². The van der Waals surface area contributed by atoms with E-state index in [1.165, 1.54) is 6.07 Å². The number of anilines is 1. The van der Waals surface area contributed by atoms with Crippen molar-refractivity contribution in [2.24, 2.45) is 0 Å². The molecular weight excluding hydrogens is 269 g/mol. The predicted octanol–water partition coefficient (Wildman–Crippen LogP) is 2.72. The van der Waals surface area contributed by atoms with Crippen LogP contribution in [0, 0.1) is 12.7 Å². The summed E-state index contributed by atoms with van der Waals surface area (Å²) >= 11 is 0. The molecule has 0 saturated carbocycles. The van der Waals surface area contributed by atoms with E-state index in [4.69, 9.17) is 0 Å². The summed E-state index contributed by atoms with van der Waals surface area (Å²) in [5.74, 6) is 0.470. The lowest BCUT2D eigenvalue weighted by Crippen LogP contribution is -2.08. The lowest BCUT2D eigenvalue weighted by molar-refractivity contribution is 0.618. The van der Waals surface area contributed by atoms with Gasteiger partial charge < -0.3 is 5.32 Å². The number of nitrogens with one attached hydrogen (secondary N) is 1. The third-order valence-corrected chi connectivity index (χ3v) is 3.14. The van der Waals surface area contributed by atoms with E-state index in [9.17, 15) is 4.39 Å². The number of aromatic nitrogens is 4. The third-order valence-electron chi connectivity index (χ3n) is 3.14. The van der Waals surface area contributed by atoms with Crippen molar-refractivity contribution >= 4 is 5.69 Å². The zero-order valence-corrected chi connectivity index (χ0v) is 11.5. The van der Waals surface area contributed by atoms with Gasteiger partial charge in [0, 0.05) is 5.69 Å². The molecule has 1 N–H and O–H groups in total. The van der Waals surface area contributed by atoms with Gasteiger partial charge in [0.05, 0.1) is 12.2 Å². The van der Waals surface area contributed by atoms with Gasteiger partial charge in [0.2, 0.25) is 0 Å². The van der Waals surface area contributed by atoms with E-state index in [1.807, 2.05) is 30.3 Å². The fourth-order valence-corrected chi connectivity index (χ4v) is 2.02. The molecule has 0 amide bonds. The lowest BCUT2D eigenvalue weighted by Gasteiger charge is -2.08. The van der Waals surface area contributed by atoms with E-state index in [-0.39, 0.29) is 5.82 Å². The molecule has 2 aromatic carbocycles. The summed E-state index contributed by atoms with van der Waals surface area (Å²) in [6.07, 6.45) is 0. The van der Waals surface area contributed by atoms with Crippen LogP contribution < -0.4 is 5.32 Å². The molecule has 5 nitrogen and oxygen atoms in total. The number of aryl methyl sites for hydroxylation is 1. The van der Waals surface area contributed by atoms with Crippen molar-refractivity contribution in [2.75, 3.05) is 5.32 Å². The van der Waals surface area contributed by atoms with Gasteiger partial charge in [0.15, 0.2) is 5.82 Å². The van der Waals surface area contributed by atoms with Gasteiger partial charge in [-0.2, -0.15) is 4.68 Å². The molecule has 6 heteroatoms. The minimum absolute atomic E-state index is 0.213. The number of hydrogen-bond acceptors (Lipinski definition) is 4. The van der Waals surface area contributed by atoms with Crippen LogP contribution in [0.2, 0.25) is 0 Å². The number of rotatable bonds is 4. The molecule has 0 fully saturated rings. The number of hydrogen-bond donors (Lipinski definition) is 1. The van der Waals surface area contributed by atoms with E-state index in [2.05, 4.69) is 20.8 Å². The minimum atomic E-state index is -0.213. The Morgan fingerprint density at radius 2 is 1.95 bits per heavy atom. The summed E-state index contributed by atoms with van der Waals surface area (Å²) in [4.78, 5) is 0. The topological polar surface area (TPSA) is 55.6 Å². The molecule has 1 heterocycles. The van der Waals surface area contributed by atoms with E-state index < -0.39 is 0 Å². The van der Waals surface area contributed by atoms with Gasteiger partial charge in [-0.25, -0.2) is 4.39 Å². The maximum Gasteiger partial charge on any atom is 0.175 e. The molecule has 0 radical (unpaired) electrons. The van der Waals surface area contributed by atoms with E-state index in [0.717, 1.165) is 11.4 Å². The molecule has 3 rings (SSSR count). The maximum absolute atomic E-state index is 13.2. The molecule has 0 atom stereocenters. The van der Waals surface area contributed by atoms with Crippen molar-refractivity contribution in [3.63, 3.8) is 0 Å². The first kappa shape index (κ1) is 13.2. The fraction of sp³-hybridized carbons (Fsp3) is 0.133. The van der Waals surface area contributed by atoms with Crippen LogP contribution in [0.3, 0.4) is 0 Å². The molecule has 0 aliphatic heterocycles. The average Bonchev–Trinajstić information content (AvgIpc) is 2.98. The van der Waals surface area contributed by atoms with Gasteiger partial charge in [-0.1, -0.05) is 18.2 Å². The van der Waals surface area contributed by atoms with Crippen molar-refractivity contribution in [3.8, 4) is 5.69 Å². The first-order valence-corrected chi connectivity index (χ1v) is 6.57. The predicted molar refractivity (Wildman–Crippen MR) is 77.6 cm³/mol. The number of tetrazole rings is 1. The van der Waals surface area contributed by atoms with Crippen molar-refractivity contribution in [1.82, 2.24) is 20.2 Å². The highest BCUT2D eigenvalue weighted by Crippen LogP contribution is 2.15. The Kier molecular flexibility index (Phi) is 3.59. The van der Waals surface area contributed by atoms with Crippen LogP contribution in [0.5, 0.6) is 0 Å². The highest BCUT2D eigenvalue weighted by molar-refractivity contribution is 5.46. The van der Waals surface area contributed by atoms with Gasteiger partial charge in [0.1, 0.15) is 5.82 Å². The van der Waals surface area contributed by atoms with Gasteiger partial charge in [0.25, 0.3) is 0 Å². The number of benzene rings is 2. The Morgan fingerprint density at radius 3 is 2.71 bits per heavy atom. The van der Waals surface area contributed by atoms with Crippen molar-refractivity contribution in [3.05, 3.63) is 65.7 Å². The standard InChI is InChI=1S/C15H14FN5/c1-11-9-12(7-8-14(11)16)17-10-15-18-19-20-21(15)13-5-3-2-4-6-13/h2-9,17H,10H2,1H3. The van der Waals surface area contributed by atoms with Crippen LogP contribution >= 0.6 is 0 Å². The van der Waals surface area contributed by atoms with Crippen molar-refractivity contribution in [2.45, 2.75) is 13.5 Å². The van der Waals surface area contributed by atoms with Crippen LogP contribution in [0.1, 0.15) is 11.4 Å². The average molecular weight is 283 g/mol. The van der Waals surface area contributed by atoms with Crippen LogP contribution in [-0.4, -0.2) is 20.2 Å². The SMILES string of the molecule is Cc1cc(NCc2nnnn2-c2ccccc2)ccc1F. The molecule has 0 unspecified atom stereocenters. The number of para-hydroxylation sites is 1. The largest absolute Gasteiger partial charge is 0.378 e. The minimum Gasteiger partial charge on any atom is -0.378 e. The summed E-state index contributed by atoms with van der Waals surface area (Å²) in [6, 6.07) is 14.6. The van der Waals surface area contributed by atoms with Crippen LogP contribution in [0.15, 0.2) is 48.5 Å². The van der Waals surface area contributed by atoms with Gasteiger partial charge >= 0.3 is 0 Å². The normalized spacial score (nSPS) is 10.6. The molecule has 21 heavy (non-hydrogen) atoms. The highest BCUT2D eigenvalue weighted by Gasteiger charge is 2.08. The molecule has 0 saturated heterocycles. The molecule has 0 aliphatic rings. The Morgan fingerprint density at radius 1 is 1.14 bits per heavy atom. The molecule has 0 spiro atoms. The summed E-state index contributed by atoms with van der Waals surface area (Å²) in [7, 11) is 0. The molecule has 3 aromatic rings. The van der Waals surface area contributed by atoms with Gasteiger partial charge in [-0.3, -0.25) is 0 Å². The van der Waals surface area contributed by atoms with Crippen LogP contribution in [0.4, 0.5) is 10.1 Å². The summed E-state index contributed by atoms with van der Waals surface area (Å²) < 4.78 is 14.9. The fourth-order valence-electron chi connectivity index (χ4n) is 2.02.